The number of para-hydroxylation sites is 2. The first-order valence-corrected chi connectivity index (χ1v) is 11.7. The van der Waals surface area contributed by atoms with Gasteiger partial charge in [-0.05, 0) is 57.1 Å². The molecule has 0 amide bonds. The van der Waals surface area contributed by atoms with Crippen LogP contribution >= 0.6 is 0 Å². The van der Waals surface area contributed by atoms with Crippen molar-refractivity contribution in [3.63, 3.8) is 0 Å². The van der Waals surface area contributed by atoms with Crippen LogP contribution in [0.5, 0.6) is 0 Å². The van der Waals surface area contributed by atoms with E-state index in [1.54, 1.807) is 0 Å². The van der Waals surface area contributed by atoms with Crippen LogP contribution in [-0.2, 0) is 0 Å². The molecule has 1 aromatic heterocycles. The highest BCUT2D eigenvalue weighted by molar-refractivity contribution is 5.74. The fourth-order valence-corrected chi connectivity index (χ4v) is 6.16. The maximum Gasteiger partial charge on any atom is 0.269 e. The highest BCUT2D eigenvalue weighted by Crippen LogP contribution is 2.41. The number of hydrogen-bond acceptors (Lipinski definition) is 3. The monoisotopic (exact) mass is 391 g/mol. The molecule has 0 radical (unpaired) electrons. The van der Waals surface area contributed by atoms with E-state index in [0.29, 0.717) is 18.1 Å². The highest BCUT2D eigenvalue weighted by Gasteiger charge is 2.40. The van der Waals surface area contributed by atoms with Gasteiger partial charge in [0.25, 0.3) is 5.56 Å². The van der Waals surface area contributed by atoms with Gasteiger partial charge in [-0.3, -0.25) is 9.69 Å². The first-order valence-electron chi connectivity index (χ1n) is 11.7. The Morgan fingerprint density at radius 2 is 1.62 bits per heavy atom. The van der Waals surface area contributed by atoms with Crippen LogP contribution in [0.4, 0.5) is 0 Å². The Balaban J connectivity index is 1.49. The Labute approximate surface area is 173 Å². The van der Waals surface area contributed by atoms with E-state index in [2.05, 4.69) is 32.7 Å². The molecule has 154 valence electrons. The third kappa shape index (κ3) is 3.79. The molecule has 0 N–H and O–H groups in total. The summed E-state index contributed by atoms with van der Waals surface area (Å²) in [6, 6.07) is 10.2. The molecule has 4 nitrogen and oxygen atoms in total. The topological polar surface area (TPSA) is 38.1 Å². The molecule has 1 unspecified atom stereocenters. The van der Waals surface area contributed by atoms with Gasteiger partial charge in [-0.1, -0.05) is 50.0 Å². The third-order valence-electron chi connectivity index (χ3n) is 7.43. The van der Waals surface area contributed by atoms with Gasteiger partial charge in [0, 0.05) is 24.2 Å². The summed E-state index contributed by atoms with van der Waals surface area (Å²) in [6.07, 6.45) is 20.4. The molecule has 2 bridgehead atoms. The second kappa shape index (κ2) is 8.43. The maximum absolute atomic E-state index is 12.9. The molecule has 5 rings (SSSR count). The number of piperidine rings is 1. The van der Waals surface area contributed by atoms with E-state index in [9.17, 15) is 4.79 Å². The average Bonchev–Trinajstić information content (AvgIpc) is 2.83. The molecule has 1 aliphatic carbocycles. The number of aromatic nitrogens is 2. The van der Waals surface area contributed by atoms with Gasteiger partial charge in [0.2, 0.25) is 0 Å². The molecular weight excluding hydrogens is 358 g/mol. The zero-order valence-corrected chi connectivity index (χ0v) is 17.4. The predicted octanol–water partition coefficient (Wildman–Crippen LogP) is 5.23. The van der Waals surface area contributed by atoms with E-state index in [1.807, 2.05) is 18.2 Å². The number of rotatable bonds is 2. The van der Waals surface area contributed by atoms with Crippen molar-refractivity contribution in [2.45, 2.75) is 94.8 Å². The molecule has 2 aromatic rings. The number of fused-ring (bicyclic) bond motifs is 3. The second-order valence-electron chi connectivity index (χ2n) is 9.25. The van der Waals surface area contributed by atoms with Crippen molar-refractivity contribution in [2.75, 3.05) is 0 Å². The lowest BCUT2D eigenvalue weighted by atomic mass is 9.86. The molecule has 3 aliphatic rings. The molecule has 2 aliphatic heterocycles. The summed E-state index contributed by atoms with van der Waals surface area (Å²) >= 11 is 0. The molecular formula is C25H33N3O. The van der Waals surface area contributed by atoms with Gasteiger partial charge in [0.1, 0.15) is 0 Å². The number of benzene rings is 1. The van der Waals surface area contributed by atoms with E-state index in [1.165, 1.54) is 64.0 Å². The van der Waals surface area contributed by atoms with Gasteiger partial charge < -0.3 is 4.57 Å². The standard InChI is InChI=1S/C25H33N3O/c29-25-18-26-23-14-8-9-15-24(23)28(25)22-16-20-12-6-7-13-21(17-22)27(20)19-10-4-2-1-3-5-11-19/h4,8-10,14-15,18-22H,1-3,5-7,11-13,16-17H2/b10-4-/t19?,20-,21+,22+. The van der Waals surface area contributed by atoms with Crippen molar-refractivity contribution in [1.82, 2.24) is 14.5 Å². The summed E-state index contributed by atoms with van der Waals surface area (Å²) in [5.74, 6) is 0. The second-order valence-corrected chi connectivity index (χ2v) is 9.25. The highest BCUT2D eigenvalue weighted by atomic mass is 16.1. The minimum absolute atomic E-state index is 0.0600. The van der Waals surface area contributed by atoms with Crippen LogP contribution in [0.2, 0.25) is 0 Å². The van der Waals surface area contributed by atoms with Crippen molar-refractivity contribution in [3.8, 4) is 0 Å². The SMILES string of the molecule is O=c1cnc2ccccc2n1[C@H]1C[C@H]2CCCC[C@@H](C1)N2C1/C=C\CCCCC1. The van der Waals surface area contributed by atoms with Crippen molar-refractivity contribution in [2.24, 2.45) is 0 Å². The lowest BCUT2D eigenvalue weighted by Gasteiger charge is -2.48. The predicted molar refractivity (Wildman–Crippen MR) is 118 cm³/mol. The minimum atomic E-state index is 0.0600. The number of nitrogens with zero attached hydrogens (tertiary/aromatic N) is 3. The van der Waals surface area contributed by atoms with Gasteiger partial charge in [0.15, 0.2) is 0 Å². The molecule has 0 saturated carbocycles. The van der Waals surface area contributed by atoms with Crippen LogP contribution in [0.3, 0.4) is 0 Å². The fraction of sp³-hybridized carbons (Fsp3) is 0.600. The summed E-state index contributed by atoms with van der Waals surface area (Å²) in [4.78, 5) is 20.1. The molecule has 3 heterocycles. The minimum Gasteiger partial charge on any atom is -0.302 e. The van der Waals surface area contributed by atoms with E-state index in [-0.39, 0.29) is 11.6 Å². The molecule has 4 atom stereocenters. The summed E-state index contributed by atoms with van der Waals surface area (Å²) in [7, 11) is 0. The summed E-state index contributed by atoms with van der Waals surface area (Å²) in [6.45, 7) is 0. The zero-order chi connectivity index (χ0) is 19.6. The molecule has 4 heteroatoms. The molecule has 1 aromatic carbocycles. The van der Waals surface area contributed by atoms with Gasteiger partial charge in [0.05, 0.1) is 17.2 Å². The smallest absolute Gasteiger partial charge is 0.269 e. The van der Waals surface area contributed by atoms with Gasteiger partial charge in [-0.25, -0.2) is 4.98 Å². The zero-order valence-electron chi connectivity index (χ0n) is 17.4. The molecule has 29 heavy (non-hydrogen) atoms. The van der Waals surface area contributed by atoms with Crippen molar-refractivity contribution in [1.29, 1.82) is 0 Å². The lowest BCUT2D eigenvalue weighted by molar-refractivity contribution is 0.0305. The van der Waals surface area contributed by atoms with Crippen LogP contribution in [0.15, 0.2) is 47.4 Å². The Morgan fingerprint density at radius 3 is 2.45 bits per heavy atom. The number of allylic oxidation sites excluding steroid dienone is 1. The number of hydrogen-bond donors (Lipinski definition) is 0. The quantitative estimate of drug-likeness (QED) is 0.658. The summed E-state index contributed by atoms with van der Waals surface area (Å²) in [5, 5.41) is 0. The Bertz CT molecular complexity index is 917. The summed E-state index contributed by atoms with van der Waals surface area (Å²) < 4.78 is 2.07. The van der Waals surface area contributed by atoms with E-state index >= 15 is 0 Å². The fourth-order valence-electron chi connectivity index (χ4n) is 6.16. The van der Waals surface area contributed by atoms with Crippen molar-refractivity contribution < 1.29 is 0 Å². The Morgan fingerprint density at radius 1 is 0.862 bits per heavy atom. The van der Waals surface area contributed by atoms with Crippen LogP contribution in [0, 0.1) is 0 Å². The molecule has 2 fully saturated rings. The first kappa shape index (κ1) is 19.0. The largest absolute Gasteiger partial charge is 0.302 e. The van der Waals surface area contributed by atoms with E-state index < -0.39 is 0 Å². The van der Waals surface area contributed by atoms with E-state index in [0.717, 1.165) is 23.9 Å². The average molecular weight is 392 g/mol. The van der Waals surface area contributed by atoms with Crippen LogP contribution in [0.25, 0.3) is 11.0 Å². The van der Waals surface area contributed by atoms with Gasteiger partial charge >= 0.3 is 0 Å². The first-order chi connectivity index (χ1) is 14.3. The summed E-state index contributed by atoms with van der Waals surface area (Å²) in [5.41, 5.74) is 1.99. The normalized spacial score (nSPS) is 32.3. The van der Waals surface area contributed by atoms with Crippen LogP contribution < -0.4 is 5.56 Å². The van der Waals surface area contributed by atoms with Crippen molar-refractivity contribution >= 4 is 11.0 Å². The van der Waals surface area contributed by atoms with Crippen LogP contribution in [-0.4, -0.2) is 32.6 Å². The van der Waals surface area contributed by atoms with Gasteiger partial charge in [-0.15, -0.1) is 0 Å². The Hall–Kier alpha value is -1.94. The third-order valence-corrected chi connectivity index (χ3v) is 7.43. The maximum atomic E-state index is 12.9. The molecule has 0 spiro atoms. The van der Waals surface area contributed by atoms with Crippen LogP contribution in [0.1, 0.15) is 76.7 Å². The van der Waals surface area contributed by atoms with Crippen molar-refractivity contribution in [3.05, 3.63) is 53.0 Å². The molecule has 2 saturated heterocycles. The van der Waals surface area contributed by atoms with E-state index in [4.69, 9.17) is 0 Å². The lowest BCUT2D eigenvalue weighted by Crippen LogP contribution is -2.53. The Kier molecular flexibility index (Phi) is 5.54. The van der Waals surface area contributed by atoms with Gasteiger partial charge in [-0.2, -0.15) is 0 Å².